The summed E-state index contributed by atoms with van der Waals surface area (Å²) in [6, 6.07) is 3.78. The Bertz CT molecular complexity index is 816. The van der Waals surface area contributed by atoms with Gasteiger partial charge in [0, 0.05) is 24.7 Å². The lowest BCUT2D eigenvalue weighted by molar-refractivity contribution is -0.121. The van der Waals surface area contributed by atoms with E-state index >= 15 is 0 Å². The summed E-state index contributed by atoms with van der Waals surface area (Å²) in [5.41, 5.74) is 3.27. The summed E-state index contributed by atoms with van der Waals surface area (Å²) in [6.45, 7) is 0. The van der Waals surface area contributed by atoms with Crippen LogP contribution in [0.25, 0.3) is 0 Å². The van der Waals surface area contributed by atoms with E-state index < -0.39 is 0 Å². The molecule has 2 aromatic rings. The molecule has 0 saturated heterocycles. The summed E-state index contributed by atoms with van der Waals surface area (Å²) in [5, 5.41) is 7.49. The van der Waals surface area contributed by atoms with Gasteiger partial charge in [0.15, 0.2) is 11.5 Å². The third-order valence-corrected chi connectivity index (χ3v) is 5.12. The monoisotopic (exact) mass is 373 g/mol. The van der Waals surface area contributed by atoms with Gasteiger partial charge in [-0.2, -0.15) is 5.10 Å². The van der Waals surface area contributed by atoms with Crippen molar-refractivity contribution in [2.75, 3.05) is 21.3 Å². The molecule has 1 atom stereocenters. The molecule has 1 N–H and O–H groups in total. The lowest BCUT2D eigenvalue weighted by atomic mass is 9.93. The Kier molecular flexibility index (Phi) is 5.88. The number of benzene rings is 1. The number of hydrogen-bond donors (Lipinski definition) is 1. The highest BCUT2D eigenvalue weighted by Crippen LogP contribution is 2.40. The maximum atomic E-state index is 12.5. The molecule has 1 heterocycles. The van der Waals surface area contributed by atoms with Gasteiger partial charge in [-0.25, -0.2) is 0 Å². The maximum absolute atomic E-state index is 12.5. The third-order valence-electron chi connectivity index (χ3n) is 5.12. The number of nitrogens with one attached hydrogen (secondary N) is 1. The largest absolute Gasteiger partial charge is 0.493 e. The first-order valence-electron chi connectivity index (χ1n) is 9.17. The molecule has 7 heteroatoms. The molecule has 1 amide bonds. The molecule has 0 bridgehead atoms. The van der Waals surface area contributed by atoms with E-state index in [0.29, 0.717) is 30.1 Å². The van der Waals surface area contributed by atoms with Gasteiger partial charge in [0.1, 0.15) is 0 Å². The van der Waals surface area contributed by atoms with Crippen molar-refractivity contribution in [3.63, 3.8) is 0 Å². The van der Waals surface area contributed by atoms with Gasteiger partial charge in [0.25, 0.3) is 0 Å². The van der Waals surface area contributed by atoms with Crippen LogP contribution < -0.4 is 19.5 Å². The maximum Gasteiger partial charge on any atom is 0.220 e. The van der Waals surface area contributed by atoms with Gasteiger partial charge in [-0.15, -0.1) is 0 Å². The van der Waals surface area contributed by atoms with Gasteiger partial charge >= 0.3 is 0 Å². The highest BCUT2D eigenvalue weighted by molar-refractivity contribution is 5.77. The molecule has 1 aliphatic rings. The first kappa shape index (κ1) is 19.1. The van der Waals surface area contributed by atoms with Crippen molar-refractivity contribution in [2.45, 2.75) is 38.1 Å². The van der Waals surface area contributed by atoms with E-state index in [0.717, 1.165) is 30.4 Å². The van der Waals surface area contributed by atoms with Crippen LogP contribution in [0.15, 0.2) is 18.3 Å². The van der Waals surface area contributed by atoms with Crippen LogP contribution in [-0.2, 0) is 24.7 Å². The molecule has 0 spiro atoms. The van der Waals surface area contributed by atoms with Gasteiger partial charge in [-0.05, 0) is 37.3 Å². The Labute approximate surface area is 159 Å². The van der Waals surface area contributed by atoms with Gasteiger partial charge in [0.05, 0.1) is 33.6 Å². The summed E-state index contributed by atoms with van der Waals surface area (Å²) >= 11 is 0. The van der Waals surface area contributed by atoms with Crippen LogP contribution in [0, 0.1) is 0 Å². The number of methoxy groups -OCH3 is 3. The minimum Gasteiger partial charge on any atom is -0.493 e. The average molecular weight is 373 g/mol. The van der Waals surface area contributed by atoms with E-state index in [1.165, 1.54) is 5.69 Å². The lowest BCUT2D eigenvalue weighted by Crippen LogP contribution is -2.31. The zero-order valence-electron chi connectivity index (χ0n) is 16.4. The molecule has 146 valence electrons. The van der Waals surface area contributed by atoms with E-state index in [9.17, 15) is 4.79 Å². The first-order valence-corrected chi connectivity index (χ1v) is 9.17. The summed E-state index contributed by atoms with van der Waals surface area (Å²) in [7, 11) is 6.70. The number of hydrogen-bond acceptors (Lipinski definition) is 5. The van der Waals surface area contributed by atoms with Crippen molar-refractivity contribution in [3.8, 4) is 17.2 Å². The van der Waals surface area contributed by atoms with Crippen LogP contribution in [0.3, 0.4) is 0 Å². The Morgan fingerprint density at radius 2 is 2.00 bits per heavy atom. The molecule has 1 unspecified atom stereocenters. The predicted octanol–water partition coefficient (Wildman–Crippen LogP) is 2.57. The first-order chi connectivity index (χ1) is 13.1. The molecule has 0 radical (unpaired) electrons. The summed E-state index contributed by atoms with van der Waals surface area (Å²) in [6.07, 6.45) is 5.82. The third kappa shape index (κ3) is 3.86. The highest BCUT2D eigenvalue weighted by Gasteiger charge is 2.25. The predicted molar refractivity (Wildman–Crippen MR) is 101 cm³/mol. The molecule has 1 aromatic heterocycles. The number of carbonyl (C=O) groups excluding carboxylic acids is 1. The van der Waals surface area contributed by atoms with E-state index in [2.05, 4.69) is 10.4 Å². The van der Waals surface area contributed by atoms with Gasteiger partial charge < -0.3 is 19.5 Å². The number of nitrogens with zero attached hydrogens (tertiary/aromatic N) is 2. The molecule has 3 rings (SSSR count). The average Bonchev–Trinajstić information content (AvgIpc) is 3.07. The fourth-order valence-corrected chi connectivity index (χ4v) is 3.73. The Hall–Kier alpha value is -2.70. The fraction of sp³-hybridized carbons (Fsp3) is 0.500. The van der Waals surface area contributed by atoms with Crippen molar-refractivity contribution in [1.82, 2.24) is 15.1 Å². The Balaban J connectivity index is 1.66. The second kappa shape index (κ2) is 8.33. The number of aromatic nitrogens is 2. The number of carbonyl (C=O) groups is 1. The molecule has 27 heavy (non-hydrogen) atoms. The number of ether oxygens (including phenoxy) is 3. The minimum atomic E-state index is 0.0218. The minimum absolute atomic E-state index is 0.0218. The van der Waals surface area contributed by atoms with Gasteiger partial charge in [0.2, 0.25) is 11.7 Å². The van der Waals surface area contributed by atoms with Crippen molar-refractivity contribution >= 4 is 5.91 Å². The van der Waals surface area contributed by atoms with Crippen LogP contribution in [0.1, 0.15) is 42.1 Å². The molecular weight excluding hydrogens is 346 g/mol. The second-order valence-electron chi connectivity index (χ2n) is 6.68. The molecule has 1 aromatic carbocycles. The molecular formula is C20H27N3O4. The van der Waals surface area contributed by atoms with Crippen molar-refractivity contribution in [2.24, 2.45) is 7.05 Å². The smallest absolute Gasteiger partial charge is 0.220 e. The lowest BCUT2D eigenvalue weighted by Gasteiger charge is -2.24. The SMILES string of the molecule is COc1ccc(CCC(=O)NC2CCCc3c2cnn3C)c(OC)c1OC. The van der Waals surface area contributed by atoms with E-state index in [-0.39, 0.29) is 11.9 Å². The Morgan fingerprint density at radius 3 is 2.70 bits per heavy atom. The number of amides is 1. The quantitative estimate of drug-likeness (QED) is 0.807. The number of rotatable bonds is 7. The zero-order valence-corrected chi connectivity index (χ0v) is 16.4. The van der Waals surface area contributed by atoms with Crippen LogP contribution in [0.2, 0.25) is 0 Å². The van der Waals surface area contributed by atoms with Gasteiger partial charge in [-0.3, -0.25) is 9.48 Å². The van der Waals surface area contributed by atoms with E-state index in [4.69, 9.17) is 14.2 Å². The standard InChI is InChI=1S/C20H27N3O4/c1-23-16-7-5-6-15(14(16)12-21-23)22-18(24)11-9-13-8-10-17(25-2)20(27-4)19(13)26-3/h8,10,12,15H,5-7,9,11H2,1-4H3,(H,22,24). The van der Waals surface area contributed by atoms with Gasteiger partial charge in [-0.1, -0.05) is 6.07 Å². The van der Waals surface area contributed by atoms with E-state index in [1.54, 1.807) is 21.3 Å². The number of aryl methyl sites for hydroxylation is 2. The van der Waals surface area contributed by atoms with Crippen LogP contribution in [0.5, 0.6) is 17.2 Å². The van der Waals surface area contributed by atoms with Crippen LogP contribution >= 0.6 is 0 Å². The topological polar surface area (TPSA) is 74.6 Å². The normalized spacial score (nSPS) is 15.8. The zero-order chi connectivity index (χ0) is 19.4. The fourth-order valence-electron chi connectivity index (χ4n) is 3.73. The van der Waals surface area contributed by atoms with Crippen LogP contribution in [0.4, 0.5) is 0 Å². The Morgan fingerprint density at radius 1 is 1.22 bits per heavy atom. The molecule has 0 fully saturated rings. The highest BCUT2D eigenvalue weighted by atomic mass is 16.5. The molecule has 1 aliphatic carbocycles. The summed E-state index contributed by atoms with van der Waals surface area (Å²) in [5.74, 6) is 1.78. The summed E-state index contributed by atoms with van der Waals surface area (Å²) in [4.78, 5) is 12.5. The number of fused-ring (bicyclic) bond motifs is 1. The summed E-state index contributed by atoms with van der Waals surface area (Å²) < 4.78 is 18.1. The molecule has 0 aliphatic heterocycles. The van der Waals surface area contributed by atoms with Crippen LogP contribution in [-0.4, -0.2) is 37.0 Å². The van der Waals surface area contributed by atoms with E-state index in [1.807, 2.05) is 30.1 Å². The second-order valence-corrected chi connectivity index (χ2v) is 6.68. The van der Waals surface area contributed by atoms with Crippen molar-refractivity contribution in [1.29, 1.82) is 0 Å². The molecule has 7 nitrogen and oxygen atoms in total. The van der Waals surface area contributed by atoms with Crippen molar-refractivity contribution < 1.29 is 19.0 Å². The van der Waals surface area contributed by atoms with Crippen molar-refractivity contribution in [3.05, 3.63) is 35.2 Å². The molecule has 0 saturated carbocycles.